The number of guanidine groups is 1. The number of para-hydroxylation sites is 1. The fourth-order valence-electron chi connectivity index (χ4n) is 0.709. The molecule has 0 aromatic heterocycles. The van der Waals surface area contributed by atoms with Crippen LogP contribution in [0.3, 0.4) is 0 Å². The molecule has 0 atom stereocenters. The minimum atomic E-state index is 0.125. The minimum absolute atomic E-state index is 0.125. The van der Waals surface area contributed by atoms with Crippen molar-refractivity contribution in [2.24, 2.45) is 21.6 Å². The predicted molar refractivity (Wildman–Crippen MR) is 53.5 cm³/mol. The van der Waals surface area contributed by atoms with Crippen LogP contribution in [0.4, 0.5) is 5.69 Å². The largest absolute Gasteiger partial charge is 0.369 e. The Hall–Kier alpha value is -1.88. The van der Waals surface area contributed by atoms with Crippen molar-refractivity contribution in [3.05, 3.63) is 30.3 Å². The lowest BCUT2D eigenvalue weighted by molar-refractivity contribution is 1.01. The molecule has 0 radical (unpaired) electrons. The first-order valence-electron chi connectivity index (χ1n) is 3.70. The molecule has 1 aromatic carbocycles. The zero-order valence-corrected chi connectivity index (χ0v) is 7.01. The van der Waals surface area contributed by atoms with Gasteiger partial charge in [-0.15, -0.1) is 0 Å². The smallest absolute Gasteiger partial charge is 0.209 e. The van der Waals surface area contributed by atoms with Crippen molar-refractivity contribution in [1.29, 1.82) is 0 Å². The Balaban J connectivity index is 2.60. The molecule has 1 rings (SSSR count). The Bertz CT molecular complexity index is 304. The van der Waals surface area contributed by atoms with Gasteiger partial charge in [0.1, 0.15) is 6.34 Å². The maximum atomic E-state index is 5.26. The van der Waals surface area contributed by atoms with E-state index in [2.05, 4.69) is 15.4 Å². The third-order valence-electron chi connectivity index (χ3n) is 1.31. The van der Waals surface area contributed by atoms with Crippen molar-refractivity contribution < 1.29 is 0 Å². The topological polar surface area (TPSA) is 88.8 Å². The van der Waals surface area contributed by atoms with E-state index in [-0.39, 0.29) is 5.96 Å². The second-order valence-electron chi connectivity index (χ2n) is 2.24. The van der Waals surface area contributed by atoms with Gasteiger partial charge < -0.3 is 5.73 Å². The Kier molecular flexibility index (Phi) is 3.46. The molecule has 0 amide bonds. The van der Waals surface area contributed by atoms with E-state index < -0.39 is 0 Å². The zero-order chi connectivity index (χ0) is 9.52. The molecule has 5 N–H and O–H groups in total. The molecule has 13 heavy (non-hydrogen) atoms. The van der Waals surface area contributed by atoms with Crippen LogP contribution in [0.25, 0.3) is 0 Å². The maximum Gasteiger partial charge on any atom is 0.209 e. The molecule has 0 aliphatic rings. The van der Waals surface area contributed by atoms with Gasteiger partial charge >= 0.3 is 0 Å². The Labute approximate surface area is 76.2 Å². The molecular weight excluding hydrogens is 166 g/mol. The Morgan fingerprint density at radius 1 is 1.31 bits per heavy atom. The molecule has 0 aliphatic carbocycles. The zero-order valence-electron chi connectivity index (χ0n) is 7.01. The number of nitrogens with one attached hydrogen (secondary N) is 1. The van der Waals surface area contributed by atoms with Gasteiger partial charge in [0.15, 0.2) is 0 Å². The van der Waals surface area contributed by atoms with Crippen LogP contribution in [-0.2, 0) is 0 Å². The van der Waals surface area contributed by atoms with Crippen molar-refractivity contribution in [3.63, 3.8) is 0 Å². The number of benzene rings is 1. The standard InChI is InChI=1S/C8H11N5/c9-8(13-10)12-6-11-7-4-2-1-3-5-7/h1-6H,10H2,(H3,9,11,12,13). The lowest BCUT2D eigenvalue weighted by atomic mass is 10.3. The maximum absolute atomic E-state index is 5.26. The van der Waals surface area contributed by atoms with E-state index in [1.165, 1.54) is 6.34 Å². The Morgan fingerprint density at radius 2 is 2.00 bits per heavy atom. The number of hydrogen-bond donors (Lipinski definition) is 3. The summed E-state index contributed by atoms with van der Waals surface area (Å²) in [6.07, 6.45) is 1.34. The van der Waals surface area contributed by atoms with Gasteiger partial charge in [-0.25, -0.2) is 15.8 Å². The van der Waals surface area contributed by atoms with Gasteiger partial charge in [0, 0.05) is 0 Å². The quantitative estimate of drug-likeness (QED) is 0.259. The normalized spacial score (nSPS) is 11.9. The second-order valence-corrected chi connectivity index (χ2v) is 2.24. The molecule has 0 aliphatic heterocycles. The summed E-state index contributed by atoms with van der Waals surface area (Å²) in [5, 5.41) is 0. The van der Waals surface area contributed by atoms with Crippen molar-refractivity contribution in [3.8, 4) is 0 Å². The summed E-state index contributed by atoms with van der Waals surface area (Å²) in [4.78, 5) is 7.71. The third kappa shape index (κ3) is 3.35. The van der Waals surface area contributed by atoms with Crippen LogP contribution in [0.15, 0.2) is 40.3 Å². The first-order chi connectivity index (χ1) is 6.33. The SMILES string of the molecule is NNC(N)=NC=Nc1ccccc1. The number of aliphatic imine (C=N–C) groups is 2. The van der Waals surface area contributed by atoms with Gasteiger partial charge in [0.05, 0.1) is 5.69 Å². The van der Waals surface area contributed by atoms with E-state index >= 15 is 0 Å². The average Bonchev–Trinajstić information content (AvgIpc) is 2.19. The molecular formula is C8H11N5. The molecule has 1 aromatic rings. The summed E-state index contributed by atoms with van der Waals surface area (Å²) in [5.41, 5.74) is 8.26. The molecule has 0 bridgehead atoms. The van der Waals surface area contributed by atoms with Crippen molar-refractivity contribution in [2.75, 3.05) is 0 Å². The van der Waals surface area contributed by atoms with Crippen LogP contribution in [-0.4, -0.2) is 12.3 Å². The highest BCUT2D eigenvalue weighted by Gasteiger charge is 1.82. The number of rotatable bonds is 2. The van der Waals surface area contributed by atoms with Crippen molar-refractivity contribution >= 4 is 18.0 Å². The van der Waals surface area contributed by atoms with E-state index in [4.69, 9.17) is 11.6 Å². The van der Waals surface area contributed by atoms with Crippen LogP contribution < -0.4 is 17.0 Å². The van der Waals surface area contributed by atoms with Crippen LogP contribution in [0.1, 0.15) is 0 Å². The highest BCUT2D eigenvalue weighted by atomic mass is 15.3. The summed E-state index contributed by atoms with van der Waals surface area (Å²) < 4.78 is 0. The van der Waals surface area contributed by atoms with Gasteiger partial charge in [-0.3, -0.25) is 5.43 Å². The molecule has 5 heteroatoms. The summed E-state index contributed by atoms with van der Waals surface area (Å²) in [6.45, 7) is 0. The van der Waals surface area contributed by atoms with Crippen molar-refractivity contribution in [1.82, 2.24) is 5.43 Å². The molecule has 5 nitrogen and oxygen atoms in total. The summed E-state index contributed by atoms with van der Waals surface area (Å²) >= 11 is 0. The Morgan fingerprint density at radius 3 is 2.62 bits per heavy atom. The summed E-state index contributed by atoms with van der Waals surface area (Å²) in [7, 11) is 0. The molecule has 0 spiro atoms. The van der Waals surface area contributed by atoms with E-state index in [0.717, 1.165) is 5.69 Å². The number of hydrogen-bond acceptors (Lipinski definition) is 2. The molecule has 0 fully saturated rings. The molecule has 0 saturated carbocycles. The lowest BCUT2D eigenvalue weighted by Gasteiger charge is -1.92. The van der Waals surface area contributed by atoms with E-state index in [1.807, 2.05) is 30.3 Å². The minimum Gasteiger partial charge on any atom is -0.369 e. The summed E-state index contributed by atoms with van der Waals surface area (Å²) in [5.74, 6) is 5.11. The number of nitrogens with two attached hydrogens (primary N) is 2. The van der Waals surface area contributed by atoms with Gasteiger partial charge in [-0.05, 0) is 12.1 Å². The van der Waals surface area contributed by atoms with Crippen LogP contribution in [0.5, 0.6) is 0 Å². The monoisotopic (exact) mass is 177 g/mol. The lowest BCUT2D eigenvalue weighted by Crippen LogP contribution is -2.36. The second kappa shape index (κ2) is 4.89. The van der Waals surface area contributed by atoms with E-state index in [1.54, 1.807) is 0 Å². The molecule has 0 unspecified atom stereocenters. The number of nitrogens with zero attached hydrogens (tertiary/aromatic N) is 2. The predicted octanol–water partition coefficient (Wildman–Crippen LogP) is 0.124. The van der Waals surface area contributed by atoms with Crippen LogP contribution in [0.2, 0.25) is 0 Å². The van der Waals surface area contributed by atoms with E-state index in [9.17, 15) is 0 Å². The number of hydrazine groups is 1. The van der Waals surface area contributed by atoms with Gasteiger partial charge in [-0.1, -0.05) is 18.2 Å². The first kappa shape index (κ1) is 9.21. The van der Waals surface area contributed by atoms with Gasteiger partial charge in [0.25, 0.3) is 0 Å². The molecule has 0 saturated heterocycles. The van der Waals surface area contributed by atoms with Gasteiger partial charge in [-0.2, -0.15) is 0 Å². The van der Waals surface area contributed by atoms with Crippen LogP contribution >= 0.6 is 0 Å². The fraction of sp³-hybridized carbons (Fsp3) is 0. The van der Waals surface area contributed by atoms with Crippen molar-refractivity contribution in [2.45, 2.75) is 0 Å². The molecule has 0 heterocycles. The average molecular weight is 177 g/mol. The third-order valence-corrected chi connectivity index (χ3v) is 1.31. The van der Waals surface area contributed by atoms with E-state index in [0.29, 0.717) is 0 Å². The molecule has 68 valence electrons. The first-order valence-corrected chi connectivity index (χ1v) is 3.70. The highest BCUT2D eigenvalue weighted by molar-refractivity contribution is 5.85. The highest BCUT2D eigenvalue weighted by Crippen LogP contribution is 2.07. The van der Waals surface area contributed by atoms with Crippen LogP contribution in [0, 0.1) is 0 Å². The summed E-state index contributed by atoms with van der Waals surface area (Å²) in [6, 6.07) is 9.41. The van der Waals surface area contributed by atoms with Gasteiger partial charge in [0.2, 0.25) is 5.96 Å². The fourth-order valence-corrected chi connectivity index (χ4v) is 0.709.